The van der Waals surface area contributed by atoms with Gasteiger partial charge in [-0.15, -0.1) is 0 Å². The van der Waals surface area contributed by atoms with E-state index in [0.29, 0.717) is 37.8 Å². The van der Waals surface area contributed by atoms with Gasteiger partial charge < -0.3 is 14.8 Å². The number of aromatic nitrogens is 1. The second-order valence-electron chi connectivity index (χ2n) is 8.70. The highest BCUT2D eigenvalue weighted by Crippen LogP contribution is 2.32. The maximum atomic E-state index is 13.9. The van der Waals surface area contributed by atoms with Crippen LogP contribution < -0.4 is 29.7 Å². The Kier molecular flexibility index (Phi) is 7.39. The molecule has 0 saturated heterocycles. The lowest BCUT2D eigenvalue weighted by atomic mass is 9.95. The number of para-hydroxylation sites is 1. The van der Waals surface area contributed by atoms with Crippen molar-refractivity contribution in [3.05, 3.63) is 121 Å². The zero-order valence-electron chi connectivity index (χ0n) is 21.3. The van der Waals surface area contributed by atoms with Gasteiger partial charge in [-0.2, -0.15) is 5.26 Å². The van der Waals surface area contributed by atoms with Gasteiger partial charge in [0.25, 0.3) is 11.5 Å². The normalized spacial score (nSPS) is 14.7. The number of amides is 1. The average molecular weight is 537 g/mol. The summed E-state index contributed by atoms with van der Waals surface area (Å²) in [6.45, 7) is 1.71. The van der Waals surface area contributed by atoms with Crippen LogP contribution in [0, 0.1) is 11.3 Å². The molecule has 1 atom stereocenters. The van der Waals surface area contributed by atoms with Gasteiger partial charge in [-0.25, -0.2) is 4.99 Å². The van der Waals surface area contributed by atoms with Gasteiger partial charge in [0, 0.05) is 5.69 Å². The van der Waals surface area contributed by atoms with Crippen molar-refractivity contribution in [1.29, 1.82) is 5.26 Å². The molecule has 5 rings (SSSR count). The average Bonchev–Trinajstić information content (AvgIpc) is 3.25. The number of allylic oxidation sites excluding steroid dienone is 1. The maximum absolute atomic E-state index is 13.9. The number of ether oxygens (including phenoxy) is 2. The van der Waals surface area contributed by atoms with Crippen LogP contribution >= 0.6 is 11.3 Å². The van der Waals surface area contributed by atoms with Gasteiger partial charge >= 0.3 is 0 Å². The maximum Gasteiger partial charge on any atom is 0.271 e. The Morgan fingerprint density at radius 3 is 2.64 bits per heavy atom. The predicted molar refractivity (Wildman–Crippen MR) is 149 cm³/mol. The summed E-state index contributed by atoms with van der Waals surface area (Å²) in [5, 5.41) is 11.7. The van der Waals surface area contributed by atoms with Crippen LogP contribution in [0.3, 0.4) is 0 Å². The first kappa shape index (κ1) is 25.7. The van der Waals surface area contributed by atoms with Crippen LogP contribution in [0.4, 0.5) is 5.69 Å². The Hall–Kier alpha value is -4.94. The highest BCUT2D eigenvalue weighted by molar-refractivity contribution is 7.07. The third-order valence-corrected chi connectivity index (χ3v) is 7.15. The SMILES string of the molecule is COc1cccc([C@@H]2C(C(=O)Nc3ccccc3)=C(C)N=c3s/c(=C\c4cccc(OCC#N)c4)c(=O)n32)c1. The monoisotopic (exact) mass is 536 g/mol. The molecular weight excluding hydrogens is 512 g/mol. The van der Waals surface area contributed by atoms with Gasteiger partial charge in [0.1, 0.15) is 17.6 Å². The van der Waals surface area contributed by atoms with E-state index >= 15 is 0 Å². The van der Waals surface area contributed by atoms with Crippen molar-refractivity contribution in [3.63, 3.8) is 0 Å². The summed E-state index contributed by atoms with van der Waals surface area (Å²) in [6, 6.07) is 24.9. The van der Waals surface area contributed by atoms with E-state index in [9.17, 15) is 9.59 Å². The van der Waals surface area contributed by atoms with Crippen LogP contribution in [0.1, 0.15) is 24.1 Å². The van der Waals surface area contributed by atoms with E-state index in [0.717, 1.165) is 11.1 Å². The molecule has 1 aromatic heterocycles. The van der Waals surface area contributed by atoms with E-state index < -0.39 is 6.04 Å². The molecule has 0 fully saturated rings. The summed E-state index contributed by atoms with van der Waals surface area (Å²) in [6.07, 6.45) is 1.76. The number of nitrogens with zero attached hydrogens (tertiary/aromatic N) is 3. The molecule has 0 unspecified atom stereocenters. The lowest BCUT2D eigenvalue weighted by Gasteiger charge is -2.25. The predicted octanol–water partition coefficient (Wildman–Crippen LogP) is 3.78. The third kappa shape index (κ3) is 5.37. The summed E-state index contributed by atoms with van der Waals surface area (Å²) in [5.41, 5.74) is 2.73. The second-order valence-corrected chi connectivity index (χ2v) is 9.71. The van der Waals surface area contributed by atoms with Gasteiger partial charge in [-0.3, -0.25) is 14.2 Å². The molecule has 1 aliphatic rings. The summed E-state index contributed by atoms with van der Waals surface area (Å²) in [4.78, 5) is 32.7. The van der Waals surface area contributed by atoms with Crippen molar-refractivity contribution < 1.29 is 14.3 Å². The molecule has 194 valence electrons. The molecule has 9 heteroatoms. The number of benzene rings is 3. The summed E-state index contributed by atoms with van der Waals surface area (Å²) in [7, 11) is 1.57. The summed E-state index contributed by atoms with van der Waals surface area (Å²) < 4.78 is 12.9. The molecule has 0 spiro atoms. The molecule has 1 N–H and O–H groups in total. The molecule has 0 aliphatic carbocycles. The Labute approximate surface area is 228 Å². The number of hydrogen-bond acceptors (Lipinski definition) is 7. The fourth-order valence-electron chi connectivity index (χ4n) is 4.42. The molecule has 1 amide bonds. The Bertz CT molecular complexity index is 1800. The highest BCUT2D eigenvalue weighted by atomic mass is 32.1. The number of nitriles is 1. The first-order chi connectivity index (χ1) is 19.0. The number of nitrogens with one attached hydrogen (secondary N) is 1. The molecule has 1 aliphatic heterocycles. The van der Waals surface area contributed by atoms with E-state index in [1.54, 1.807) is 55.0 Å². The zero-order chi connectivity index (χ0) is 27.4. The molecule has 0 saturated carbocycles. The van der Waals surface area contributed by atoms with Crippen LogP contribution in [0.15, 0.2) is 99.9 Å². The van der Waals surface area contributed by atoms with Gasteiger partial charge in [0.15, 0.2) is 11.4 Å². The Morgan fingerprint density at radius 2 is 1.87 bits per heavy atom. The number of thiazole rings is 1. The first-order valence-electron chi connectivity index (χ1n) is 12.1. The third-order valence-electron chi connectivity index (χ3n) is 6.17. The lowest BCUT2D eigenvalue weighted by molar-refractivity contribution is -0.113. The topological polar surface area (TPSA) is 106 Å². The van der Waals surface area contributed by atoms with Crippen LogP contribution in [-0.4, -0.2) is 24.2 Å². The van der Waals surface area contributed by atoms with Crippen LogP contribution in [0.2, 0.25) is 0 Å². The van der Waals surface area contributed by atoms with E-state index in [1.807, 2.05) is 54.6 Å². The number of fused-ring (bicyclic) bond motifs is 1. The largest absolute Gasteiger partial charge is 0.497 e. The smallest absolute Gasteiger partial charge is 0.271 e. The first-order valence-corrected chi connectivity index (χ1v) is 12.9. The van der Waals surface area contributed by atoms with Gasteiger partial charge in [-0.1, -0.05) is 53.8 Å². The minimum Gasteiger partial charge on any atom is -0.497 e. The number of carbonyl (C=O) groups excluding carboxylic acids is 1. The minimum atomic E-state index is -0.715. The molecule has 39 heavy (non-hydrogen) atoms. The number of rotatable bonds is 7. The molecule has 8 nitrogen and oxygen atoms in total. The number of carbonyl (C=O) groups is 1. The summed E-state index contributed by atoms with van der Waals surface area (Å²) >= 11 is 1.25. The fourth-order valence-corrected chi connectivity index (χ4v) is 5.47. The van der Waals surface area contributed by atoms with Gasteiger partial charge in [-0.05, 0) is 60.5 Å². The zero-order valence-corrected chi connectivity index (χ0v) is 22.1. The fraction of sp³-hybridized carbons (Fsp3) is 0.133. The standard InChI is InChI=1S/C30H24N4O4S/c1-19-26(28(35)33-22-10-4-3-5-11-22)27(21-9-7-12-23(18-21)37-2)34-29(36)25(39-30(34)32-19)17-20-8-6-13-24(16-20)38-15-14-31/h3-13,16-18,27H,15H2,1-2H3,(H,33,35)/b25-17-/t27-/m1/s1. The van der Waals surface area contributed by atoms with Crippen molar-refractivity contribution in [3.8, 4) is 17.6 Å². The van der Waals surface area contributed by atoms with E-state index in [1.165, 1.54) is 11.3 Å². The van der Waals surface area contributed by atoms with Crippen molar-refractivity contribution in [2.45, 2.75) is 13.0 Å². The lowest BCUT2D eigenvalue weighted by Crippen LogP contribution is -2.40. The Balaban J connectivity index is 1.65. The minimum absolute atomic E-state index is 0.0702. The molecule has 4 aromatic rings. The molecule has 0 bridgehead atoms. The van der Waals surface area contributed by atoms with Crippen LogP contribution in [0.25, 0.3) is 6.08 Å². The number of anilines is 1. The molecule has 3 aromatic carbocycles. The Morgan fingerprint density at radius 1 is 1.10 bits per heavy atom. The van der Waals surface area contributed by atoms with E-state index in [2.05, 4.69) is 10.3 Å². The quantitative estimate of drug-likeness (QED) is 0.387. The summed E-state index contributed by atoms with van der Waals surface area (Å²) in [5.74, 6) is 0.802. The second kappa shape index (κ2) is 11.2. The van der Waals surface area contributed by atoms with Crippen molar-refractivity contribution in [2.75, 3.05) is 19.0 Å². The van der Waals surface area contributed by atoms with E-state index in [-0.39, 0.29) is 18.1 Å². The van der Waals surface area contributed by atoms with Crippen molar-refractivity contribution >= 4 is 29.0 Å². The van der Waals surface area contributed by atoms with Crippen LogP contribution in [0.5, 0.6) is 11.5 Å². The van der Waals surface area contributed by atoms with Gasteiger partial charge in [0.05, 0.1) is 29.0 Å². The van der Waals surface area contributed by atoms with Crippen molar-refractivity contribution in [2.24, 2.45) is 4.99 Å². The van der Waals surface area contributed by atoms with Crippen LogP contribution in [-0.2, 0) is 4.79 Å². The van der Waals surface area contributed by atoms with E-state index in [4.69, 9.17) is 14.7 Å². The van der Waals surface area contributed by atoms with Crippen molar-refractivity contribution in [1.82, 2.24) is 4.57 Å². The number of methoxy groups -OCH3 is 1. The highest BCUT2D eigenvalue weighted by Gasteiger charge is 2.32. The van der Waals surface area contributed by atoms with Gasteiger partial charge in [0.2, 0.25) is 0 Å². The number of hydrogen-bond donors (Lipinski definition) is 1. The molecule has 2 heterocycles. The molecular formula is C30H24N4O4S. The molecule has 0 radical (unpaired) electrons.